The number of anilines is 1. The summed E-state index contributed by atoms with van der Waals surface area (Å²) in [5.41, 5.74) is 2.13. The molecule has 2 amide bonds. The molecule has 1 heterocycles. The highest BCUT2D eigenvalue weighted by atomic mass is 35.5. The lowest BCUT2D eigenvalue weighted by atomic mass is 9.79. The second kappa shape index (κ2) is 8.41. The number of carbonyl (C=O) groups is 1. The molecule has 1 N–H and O–H groups in total. The maximum absolute atomic E-state index is 12.8. The first-order valence-electron chi connectivity index (χ1n) is 9.73. The monoisotopic (exact) mass is 363 g/mol. The van der Waals surface area contributed by atoms with Crippen LogP contribution in [0.2, 0.25) is 5.02 Å². The standard InChI is InChI=1S/C20H30ClN3O/c1-3-23(4-2)12-13-24-19(15-8-6-5-7-9-15)17-14-16(21)10-11-18(17)22-20(24)25/h10-11,14-15,19H,3-9,12-13H2,1-2H3,(H,22,25). The Hall–Kier alpha value is -1.26. The van der Waals surface area contributed by atoms with Gasteiger partial charge < -0.3 is 15.1 Å². The van der Waals surface area contributed by atoms with E-state index < -0.39 is 0 Å². The normalized spacial score (nSPS) is 21.4. The number of rotatable bonds is 6. The van der Waals surface area contributed by atoms with E-state index in [1.54, 1.807) is 0 Å². The molecule has 3 rings (SSSR count). The summed E-state index contributed by atoms with van der Waals surface area (Å²) in [6.07, 6.45) is 6.25. The van der Waals surface area contributed by atoms with Gasteiger partial charge in [-0.05, 0) is 50.0 Å². The summed E-state index contributed by atoms with van der Waals surface area (Å²) in [5.74, 6) is 0.536. The second-order valence-corrected chi connectivity index (χ2v) is 7.66. The molecule has 25 heavy (non-hydrogen) atoms. The van der Waals surface area contributed by atoms with Gasteiger partial charge in [0.2, 0.25) is 0 Å². The average Bonchev–Trinajstić information content (AvgIpc) is 2.63. The number of carbonyl (C=O) groups excluding carboxylic acids is 1. The lowest BCUT2D eigenvalue weighted by Crippen LogP contribution is -2.48. The van der Waals surface area contributed by atoms with Crippen molar-refractivity contribution < 1.29 is 4.79 Å². The Morgan fingerprint density at radius 3 is 2.60 bits per heavy atom. The van der Waals surface area contributed by atoms with Crippen LogP contribution in [-0.4, -0.2) is 42.0 Å². The summed E-state index contributed by atoms with van der Waals surface area (Å²) in [5, 5.41) is 3.83. The first-order valence-corrected chi connectivity index (χ1v) is 10.1. The van der Waals surface area contributed by atoms with Crippen molar-refractivity contribution >= 4 is 23.3 Å². The van der Waals surface area contributed by atoms with Crippen LogP contribution in [0.5, 0.6) is 0 Å². The van der Waals surface area contributed by atoms with E-state index in [2.05, 4.69) is 35.0 Å². The zero-order valence-corrected chi connectivity index (χ0v) is 16.2. The number of hydrogen-bond acceptors (Lipinski definition) is 2. The molecule has 1 aromatic rings. The van der Waals surface area contributed by atoms with Gasteiger partial charge in [0.15, 0.2) is 0 Å². The number of amides is 2. The van der Waals surface area contributed by atoms with Gasteiger partial charge in [0.1, 0.15) is 0 Å². The average molecular weight is 364 g/mol. The summed E-state index contributed by atoms with van der Waals surface area (Å²) in [4.78, 5) is 17.3. The highest BCUT2D eigenvalue weighted by Gasteiger charge is 2.38. The zero-order chi connectivity index (χ0) is 17.8. The Kier molecular flexibility index (Phi) is 6.24. The number of nitrogens with one attached hydrogen (secondary N) is 1. The maximum Gasteiger partial charge on any atom is 0.322 e. The molecule has 1 saturated carbocycles. The number of fused-ring (bicyclic) bond motifs is 1. The minimum Gasteiger partial charge on any atom is -0.316 e. The fraction of sp³-hybridized carbons (Fsp3) is 0.650. The van der Waals surface area contributed by atoms with Crippen molar-refractivity contribution in [2.75, 3.05) is 31.5 Å². The van der Waals surface area contributed by atoms with Gasteiger partial charge in [0.05, 0.1) is 6.04 Å². The number of urea groups is 1. The van der Waals surface area contributed by atoms with E-state index in [4.69, 9.17) is 11.6 Å². The van der Waals surface area contributed by atoms with E-state index in [0.29, 0.717) is 5.92 Å². The summed E-state index contributed by atoms with van der Waals surface area (Å²) in [6, 6.07) is 6.06. The quantitative estimate of drug-likeness (QED) is 0.758. The first kappa shape index (κ1) is 18.5. The van der Waals surface area contributed by atoms with Gasteiger partial charge in [-0.3, -0.25) is 0 Å². The van der Waals surface area contributed by atoms with E-state index in [1.165, 1.54) is 37.7 Å². The molecule has 5 heteroatoms. The van der Waals surface area contributed by atoms with E-state index in [9.17, 15) is 4.79 Å². The van der Waals surface area contributed by atoms with Crippen LogP contribution in [0.3, 0.4) is 0 Å². The van der Waals surface area contributed by atoms with Gasteiger partial charge in [0, 0.05) is 29.4 Å². The van der Waals surface area contributed by atoms with Gasteiger partial charge in [0.25, 0.3) is 0 Å². The first-order chi connectivity index (χ1) is 12.1. The zero-order valence-electron chi connectivity index (χ0n) is 15.4. The topological polar surface area (TPSA) is 35.6 Å². The maximum atomic E-state index is 12.8. The molecule has 1 fully saturated rings. The molecule has 2 aliphatic rings. The largest absolute Gasteiger partial charge is 0.322 e. The van der Waals surface area contributed by atoms with E-state index in [0.717, 1.165) is 36.9 Å². The summed E-state index contributed by atoms with van der Waals surface area (Å²) < 4.78 is 0. The fourth-order valence-corrected chi connectivity index (χ4v) is 4.54. The van der Waals surface area contributed by atoms with Crippen molar-refractivity contribution in [3.8, 4) is 0 Å². The molecule has 0 spiro atoms. The molecular formula is C20H30ClN3O. The van der Waals surface area contributed by atoms with Crippen LogP contribution in [0.4, 0.5) is 10.5 Å². The third-order valence-electron chi connectivity index (χ3n) is 5.82. The molecule has 138 valence electrons. The molecule has 0 radical (unpaired) electrons. The Bertz CT molecular complexity index is 597. The van der Waals surface area contributed by atoms with E-state index >= 15 is 0 Å². The van der Waals surface area contributed by atoms with E-state index in [1.807, 2.05) is 12.1 Å². The molecule has 0 aromatic heterocycles. The highest BCUT2D eigenvalue weighted by Crippen LogP contribution is 2.44. The summed E-state index contributed by atoms with van der Waals surface area (Å²) in [7, 11) is 0. The van der Waals surface area contributed by atoms with Gasteiger partial charge in [-0.1, -0.05) is 44.7 Å². The van der Waals surface area contributed by atoms with Crippen molar-refractivity contribution in [1.82, 2.24) is 9.80 Å². The highest BCUT2D eigenvalue weighted by molar-refractivity contribution is 6.30. The van der Waals surface area contributed by atoms with Crippen LogP contribution in [0.25, 0.3) is 0 Å². The Morgan fingerprint density at radius 2 is 1.92 bits per heavy atom. The third kappa shape index (κ3) is 4.12. The van der Waals surface area contributed by atoms with Gasteiger partial charge in [-0.15, -0.1) is 0 Å². The number of benzene rings is 1. The molecule has 0 saturated heterocycles. The Balaban J connectivity index is 1.89. The SMILES string of the molecule is CCN(CC)CCN1C(=O)Nc2ccc(Cl)cc2C1C1CCCCC1. The van der Waals surface area contributed by atoms with Gasteiger partial charge in [-0.25, -0.2) is 4.79 Å². The minimum absolute atomic E-state index is 0.0394. The minimum atomic E-state index is 0.0394. The molecule has 1 unspecified atom stereocenters. The molecule has 1 aliphatic carbocycles. The van der Waals surface area contributed by atoms with Crippen molar-refractivity contribution in [3.63, 3.8) is 0 Å². The molecular weight excluding hydrogens is 334 g/mol. The van der Waals surface area contributed by atoms with Crippen molar-refractivity contribution in [2.24, 2.45) is 5.92 Å². The predicted octanol–water partition coefficient (Wildman–Crippen LogP) is 5.15. The lowest BCUT2D eigenvalue weighted by Gasteiger charge is -2.43. The summed E-state index contributed by atoms with van der Waals surface area (Å²) >= 11 is 6.30. The molecule has 4 nitrogen and oxygen atoms in total. The summed E-state index contributed by atoms with van der Waals surface area (Å²) in [6.45, 7) is 8.06. The lowest BCUT2D eigenvalue weighted by molar-refractivity contribution is 0.124. The Labute approximate surface area is 156 Å². The molecule has 1 aromatic carbocycles. The number of likely N-dealkylation sites (N-methyl/N-ethyl adjacent to an activating group) is 1. The third-order valence-corrected chi connectivity index (χ3v) is 6.05. The fourth-order valence-electron chi connectivity index (χ4n) is 4.36. The predicted molar refractivity (Wildman–Crippen MR) is 104 cm³/mol. The number of nitrogens with zero attached hydrogens (tertiary/aromatic N) is 2. The van der Waals surface area contributed by atoms with Crippen LogP contribution in [0.1, 0.15) is 57.6 Å². The van der Waals surface area contributed by atoms with Crippen LogP contribution < -0.4 is 5.32 Å². The van der Waals surface area contributed by atoms with Crippen molar-refractivity contribution in [3.05, 3.63) is 28.8 Å². The van der Waals surface area contributed by atoms with Gasteiger partial charge in [-0.2, -0.15) is 0 Å². The number of hydrogen-bond donors (Lipinski definition) is 1. The molecule has 1 atom stereocenters. The number of halogens is 1. The van der Waals surface area contributed by atoms with Crippen LogP contribution in [-0.2, 0) is 0 Å². The van der Waals surface area contributed by atoms with Crippen LogP contribution in [0, 0.1) is 5.92 Å². The second-order valence-electron chi connectivity index (χ2n) is 7.22. The Morgan fingerprint density at radius 1 is 1.20 bits per heavy atom. The van der Waals surface area contributed by atoms with Crippen LogP contribution >= 0.6 is 11.6 Å². The van der Waals surface area contributed by atoms with Crippen molar-refractivity contribution in [2.45, 2.75) is 52.0 Å². The van der Waals surface area contributed by atoms with Crippen LogP contribution in [0.15, 0.2) is 18.2 Å². The van der Waals surface area contributed by atoms with E-state index in [-0.39, 0.29) is 12.1 Å². The molecule has 1 aliphatic heterocycles. The molecule has 0 bridgehead atoms. The van der Waals surface area contributed by atoms with Gasteiger partial charge >= 0.3 is 6.03 Å². The smallest absolute Gasteiger partial charge is 0.316 e. The van der Waals surface area contributed by atoms with Crippen molar-refractivity contribution in [1.29, 1.82) is 0 Å².